The quantitative estimate of drug-likeness (QED) is 0.191. The molecular formula is C33H48F3NO3Sn. The van der Waals surface area contributed by atoms with Crippen LogP contribution in [0.25, 0.3) is 0 Å². The molecule has 1 aliphatic heterocycles. The van der Waals surface area contributed by atoms with Crippen LogP contribution in [-0.2, 0) is 22.9 Å². The first-order valence-electron chi connectivity index (χ1n) is 15.4. The van der Waals surface area contributed by atoms with E-state index >= 15 is 0 Å². The van der Waals surface area contributed by atoms with Gasteiger partial charge in [0.25, 0.3) is 0 Å². The second-order valence-corrected chi connectivity index (χ2v) is 25.2. The average Bonchev–Trinajstić information content (AvgIpc) is 2.97. The number of benzene rings is 2. The van der Waals surface area contributed by atoms with Crippen LogP contribution in [0.4, 0.5) is 18.0 Å². The molecule has 1 amide bonds. The Kier molecular flexibility index (Phi) is 12.9. The number of nitrogens with zero attached hydrogens (tertiary/aromatic N) is 1. The van der Waals surface area contributed by atoms with Gasteiger partial charge in [-0.2, -0.15) is 0 Å². The third-order valence-corrected chi connectivity index (χ3v) is 24.5. The van der Waals surface area contributed by atoms with E-state index in [9.17, 15) is 23.1 Å². The molecule has 1 N–H and O–H groups in total. The molecule has 0 atom stereocenters. The Hall–Kier alpha value is -1.74. The summed E-state index contributed by atoms with van der Waals surface area (Å²) in [6, 6.07) is 14.8. The van der Waals surface area contributed by atoms with E-state index in [0.29, 0.717) is 38.1 Å². The molecule has 228 valence electrons. The van der Waals surface area contributed by atoms with Gasteiger partial charge in [0, 0.05) is 0 Å². The first-order chi connectivity index (χ1) is 19.6. The second-order valence-electron chi connectivity index (χ2n) is 11.9. The Bertz CT molecular complexity index is 1060. The van der Waals surface area contributed by atoms with Crippen molar-refractivity contribution in [3.63, 3.8) is 0 Å². The summed E-state index contributed by atoms with van der Waals surface area (Å²) in [5, 5.41) is 9.46. The van der Waals surface area contributed by atoms with Gasteiger partial charge in [-0.05, 0) is 0 Å². The van der Waals surface area contributed by atoms with E-state index < -0.39 is 36.2 Å². The van der Waals surface area contributed by atoms with Crippen molar-refractivity contribution < 1.29 is 27.8 Å². The molecule has 0 bridgehead atoms. The maximum atomic E-state index is 14.2. The van der Waals surface area contributed by atoms with Gasteiger partial charge in [-0.15, -0.1) is 0 Å². The van der Waals surface area contributed by atoms with Crippen LogP contribution in [0.1, 0.15) is 88.8 Å². The van der Waals surface area contributed by atoms with Crippen LogP contribution in [0.5, 0.6) is 0 Å². The van der Waals surface area contributed by atoms with Crippen LogP contribution >= 0.6 is 0 Å². The summed E-state index contributed by atoms with van der Waals surface area (Å²) >= 11 is -3.11. The molecule has 1 saturated heterocycles. The fourth-order valence-electron chi connectivity index (χ4n) is 6.40. The Morgan fingerprint density at radius 1 is 0.927 bits per heavy atom. The monoisotopic (exact) mass is 683 g/mol. The van der Waals surface area contributed by atoms with Gasteiger partial charge >= 0.3 is 249 Å². The predicted octanol–water partition coefficient (Wildman–Crippen LogP) is 8.99. The Morgan fingerprint density at radius 3 is 1.98 bits per heavy atom. The number of amides is 1. The van der Waals surface area contributed by atoms with Crippen LogP contribution in [0, 0.1) is 0 Å². The SMILES string of the molecule is CCC[CH2][Sn]([CH2]CCC)([CH2]CCC)[c]1cc(COCC2(c3ccccc3)CCN(C(=O)O)CC2)cc(C(F)(F)F)c1. The minimum absolute atomic E-state index is 0.116. The first-order valence-corrected chi connectivity index (χ1v) is 22.9. The first kappa shape index (κ1) is 33.8. The van der Waals surface area contributed by atoms with Crippen molar-refractivity contribution in [3.05, 3.63) is 65.2 Å². The maximum absolute atomic E-state index is 14.2. The number of hydrogen-bond donors (Lipinski definition) is 1. The number of carbonyl (C=O) groups is 1. The number of likely N-dealkylation sites (tertiary alicyclic amines) is 1. The molecule has 0 unspecified atom stereocenters. The summed E-state index contributed by atoms with van der Waals surface area (Å²) in [7, 11) is 0. The topological polar surface area (TPSA) is 49.8 Å². The van der Waals surface area contributed by atoms with Gasteiger partial charge in [-0.3, -0.25) is 0 Å². The number of hydrogen-bond acceptors (Lipinski definition) is 2. The molecule has 1 heterocycles. The van der Waals surface area contributed by atoms with Gasteiger partial charge in [0.15, 0.2) is 0 Å². The minimum atomic E-state index is -4.41. The van der Waals surface area contributed by atoms with E-state index in [2.05, 4.69) is 26.8 Å². The van der Waals surface area contributed by atoms with E-state index in [0.717, 1.165) is 61.0 Å². The van der Waals surface area contributed by atoms with Gasteiger partial charge < -0.3 is 0 Å². The summed E-state index contributed by atoms with van der Waals surface area (Å²) in [6.07, 6.45) is 2.33. The number of ether oxygens (including phenoxy) is 1. The van der Waals surface area contributed by atoms with Crippen molar-refractivity contribution >= 4 is 28.0 Å². The summed E-state index contributed by atoms with van der Waals surface area (Å²) in [5.41, 5.74) is 0.770. The molecule has 0 spiro atoms. The molecule has 0 saturated carbocycles. The third-order valence-electron chi connectivity index (χ3n) is 8.98. The van der Waals surface area contributed by atoms with E-state index in [1.54, 1.807) is 0 Å². The molecule has 8 heteroatoms. The molecule has 3 rings (SSSR count). The number of carboxylic acid groups (broad SMARTS) is 1. The van der Waals surface area contributed by atoms with Gasteiger partial charge in [-0.1, -0.05) is 0 Å². The molecule has 0 aliphatic carbocycles. The number of rotatable bonds is 15. The van der Waals surface area contributed by atoms with Crippen molar-refractivity contribution in [2.75, 3.05) is 19.7 Å². The van der Waals surface area contributed by atoms with Crippen molar-refractivity contribution in [1.82, 2.24) is 4.90 Å². The fourth-order valence-corrected chi connectivity index (χ4v) is 22.6. The zero-order valence-electron chi connectivity index (χ0n) is 25.1. The molecule has 0 radical (unpaired) electrons. The standard InChI is InChI=1S/C21H21F3NO3.3C4H9.Sn/c22-21(23,24)18-8-4-5-16(13-18)14-28-15-20(17-6-2-1-3-7-17)9-11-25(12-10-20)19(26)27;3*1-3-4-2;/h1-3,5-8,13H,9-12,14-15H2,(H,26,27);3*1,3-4H2,2H3;. The molecule has 41 heavy (non-hydrogen) atoms. The van der Waals surface area contributed by atoms with E-state index in [-0.39, 0.29) is 12.0 Å². The average molecular weight is 682 g/mol. The van der Waals surface area contributed by atoms with Gasteiger partial charge in [0.05, 0.1) is 0 Å². The molecular weight excluding hydrogens is 634 g/mol. The second kappa shape index (κ2) is 15.6. The number of alkyl halides is 3. The Balaban J connectivity index is 1.92. The van der Waals surface area contributed by atoms with E-state index in [1.807, 2.05) is 30.3 Å². The zero-order valence-corrected chi connectivity index (χ0v) is 27.9. The van der Waals surface area contributed by atoms with Crippen molar-refractivity contribution in [2.45, 2.75) is 104 Å². The molecule has 4 nitrogen and oxygen atoms in total. The fraction of sp³-hybridized carbons (Fsp3) is 0.606. The number of piperidine rings is 1. The van der Waals surface area contributed by atoms with E-state index in [4.69, 9.17) is 4.74 Å². The number of unbranched alkanes of at least 4 members (excludes halogenated alkanes) is 3. The van der Waals surface area contributed by atoms with Gasteiger partial charge in [0.2, 0.25) is 0 Å². The molecule has 2 aromatic rings. The van der Waals surface area contributed by atoms with Crippen molar-refractivity contribution in [3.8, 4) is 0 Å². The molecule has 1 fully saturated rings. The molecule has 0 aromatic heterocycles. The normalized spacial score (nSPS) is 15.7. The predicted molar refractivity (Wildman–Crippen MR) is 163 cm³/mol. The molecule has 2 aromatic carbocycles. The van der Waals surface area contributed by atoms with Crippen LogP contribution < -0.4 is 3.58 Å². The van der Waals surface area contributed by atoms with Crippen molar-refractivity contribution in [2.24, 2.45) is 0 Å². The van der Waals surface area contributed by atoms with Crippen LogP contribution in [0.2, 0.25) is 13.3 Å². The third kappa shape index (κ3) is 9.12. The number of halogens is 3. The molecule has 1 aliphatic rings. The van der Waals surface area contributed by atoms with Crippen LogP contribution in [0.3, 0.4) is 0 Å². The van der Waals surface area contributed by atoms with Crippen LogP contribution in [-0.4, -0.2) is 54.2 Å². The summed E-state index contributed by atoms with van der Waals surface area (Å²) in [5.74, 6) is 0. The summed E-state index contributed by atoms with van der Waals surface area (Å²) < 4.78 is 53.3. The zero-order chi connectivity index (χ0) is 29.9. The summed E-state index contributed by atoms with van der Waals surface area (Å²) in [4.78, 5) is 13.0. The Morgan fingerprint density at radius 2 is 1.49 bits per heavy atom. The van der Waals surface area contributed by atoms with Crippen LogP contribution in [0.15, 0.2) is 48.5 Å². The van der Waals surface area contributed by atoms with E-state index in [1.165, 1.54) is 17.0 Å². The Labute approximate surface area is 248 Å². The van der Waals surface area contributed by atoms with Crippen molar-refractivity contribution in [1.29, 1.82) is 0 Å². The summed E-state index contributed by atoms with van der Waals surface area (Å²) in [6.45, 7) is 7.79. The van der Waals surface area contributed by atoms with Gasteiger partial charge in [0.1, 0.15) is 0 Å². The van der Waals surface area contributed by atoms with Gasteiger partial charge in [-0.25, -0.2) is 0 Å².